The van der Waals surface area contributed by atoms with Crippen LogP contribution in [0.1, 0.15) is 11.1 Å². The standard InChI is InChI=1S/C21H16FN3OS/c22-16-7-5-14(6-8-16)17-12-27-19-18(17)23-21(24-20(19)26)25-10-9-13-3-1-2-4-15(13)11-25/h1-8,12H,9-11H2,(H,23,24,26). The predicted octanol–water partition coefficient (Wildman–Crippen LogP) is 4.35. The van der Waals surface area contributed by atoms with Crippen LogP contribution >= 0.6 is 11.3 Å². The van der Waals surface area contributed by atoms with Gasteiger partial charge in [0.2, 0.25) is 5.95 Å². The molecule has 1 aliphatic heterocycles. The monoisotopic (exact) mass is 377 g/mol. The van der Waals surface area contributed by atoms with Gasteiger partial charge in [-0.05, 0) is 35.2 Å². The van der Waals surface area contributed by atoms with Crippen molar-refractivity contribution in [3.8, 4) is 11.1 Å². The van der Waals surface area contributed by atoms with Gasteiger partial charge in [0.15, 0.2) is 0 Å². The van der Waals surface area contributed by atoms with Crippen molar-refractivity contribution >= 4 is 27.5 Å². The quantitative estimate of drug-likeness (QED) is 0.565. The highest BCUT2D eigenvalue weighted by atomic mass is 32.1. The number of nitrogens with one attached hydrogen (secondary N) is 1. The second kappa shape index (κ2) is 6.32. The van der Waals surface area contributed by atoms with E-state index in [1.807, 2.05) is 11.4 Å². The number of hydrogen-bond donors (Lipinski definition) is 1. The largest absolute Gasteiger partial charge is 0.338 e. The lowest BCUT2D eigenvalue weighted by Crippen LogP contribution is -2.33. The van der Waals surface area contributed by atoms with Crippen LogP contribution in [0.3, 0.4) is 0 Å². The summed E-state index contributed by atoms with van der Waals surface area (Å²) in [7, 11) is 0. The summed E-state index contributed by atoms with van der Waals surface area (Å²) in [5.74, 6) is 0.306. The lowest BCUT2D eigenvalue weighted by atomic mass is 10.0. The smallest absolute Gasteiger partial charge is 0.270 e. The fraction of sp³-hybridized carbons (Fsp3) is 0.143. The summed E-state index contributed by atoms with van der Waals surface area (Å²) in [4.78, 5) is 22.4. The van der Waals surface area contributed by atoms with Crippen molar-refractivity contribution in [2.24, 2.45) is 0 Å². The van der Waals surface area contributed by atoms with Crippen LogP contribution in [0.2, 0.25) is 0 Å². The van der Waals surface area contributed by atoms with E-state index in [9.17, 15) is 9.18 Å². The molecule has 1 aliphatic rings. The van der Waals surface area contributed by atoms with Crippen LogP contribution in [0.4, 0.5) is 10.3 Å². The van der Waals surface area contributed by atoms with Gasteiger partial charge in [-0.3, -0.25) is 9.78 Å². The third-order valence-corrected chi connectivity index (χ3v) is 5.97. The lowest BCUT2D eigenvalue weighted by Gasteiger charge is -2.29. The van der Waals surface area contributed by atoms with E-state index in [2.05, 4.69) is 28.1 Å². The van der Waals surface area contributed by atoms with E-state index in [0.29, 0.717) is 16.2 Å². The average Bonchev–Trinajstić information content (AvgIpc) is 3.13. The molecule has 27 heavy (non-hydrogen) atoms. The van der Waals surface area contributed by atoms with E-state index in [1.165, 1.54) is 34.6 Å². The molecule has 5 rings (SSSR count). The van der Waals surface area contributed by atoms with Gasteiger partial charge in [-0.15, -0.1) is 11.3 Å². The van der Waals surface area contributed by atoms with Crippen LogP contribution < -0.4 is 10.5 Å². The van der Waals surface area contributed by atoms with E-state index in [1.54, 1.807) is 12.1 Å². The summed E-state index contributed by atoms with van der Waals surface area (Å²) in [6.45, 7) is 1.53. The first-order valence-electron chi connectivity index (χ1n) is 8.78. The van der Waals surface area contributed by atoms with Crippen LogP contribution in [0.15, 0.2) is 58.7 Å². The Kier molecular flexibility index (Phi) is 3.79. The Bertz CT molecular complexity index is 1200. The van der Waals surface area contributed by atoms with Crippen molar-refractivity contribution in [2.75, 3.05) is 11.4 Å². The van der Waals surface area contributed by atoms with Crippen LogP contribution in [-0.4, -0.2) is 16.5 Å². The number of rotatable bonds is 2. The molecule has 4 nitrogen and oxygen atoms in total. The summed E-state index contributed by atoms with van der Waals surface area (Å²) in [6.07, 6.45) is 0.923. The van der Waals surface area contributed by atoms with Gasteiger partial charge >= 0.3 is 0 Å². The molecule has 0 unspecified atom stereocenters. The molecular formula is C21H16FN3OS. The zero-order valence-corrected chi connectivity index (χ0v) is 15.2. The molecule has 0 amide bonds. The van der Waals surface area contributed by atoms with Crippen LogP contribution in [0, 0.1) is 5.82 Å². The van der Waals surface area contributed by atoms with Crippen molar-refractivity contribution < 1.29 is 4.39 Å². The fourth-order valence-electron chi connectivity index (χ4n) is 3.58. The molecule has 0 bridgehead atoms. The maximum absolute atomic E-state index is 13.3. The molecule has 6 heteroatoms. The molecule has 134 valence electrons. The van der Waals surface area contributed by atoms with Crippen molar-refractivity contribution in [1.29, 1.82) is 0 Å². The number of benzene rings is 2. The Hall–Kier alpha value is -2.99. The Morgan fingerprint density at radius 1 is 1.07 bits per heavy atom. The maximum atomic E-state index is 13.3. The molecule has 4 aromatic rings. The fourth-order valence-corrected chi connectivity index (χ4v) is 4.49. The number of hydrogen-bond acceptors (Lipinski definition) is 4. The predicted molar refractivity (Wildman–Crippen MR) is 107 cm³/mol. The molecule has 2 aromatic heterocycles. The molecule has 3 heterocycles. The highest BCUT2D eigenvalue weighted by Gasteiger charge is 2.20. The van der Waals surface area contributed by atoms with E-state index >= 15 is 0 Å². The third-order valence-electron chi connectivity index (χ3n) is 5.00. The van der Waals surface area contributed by atoms with Crippen molar-refractivity contribution in [1.82, 2.24) is 9.97 Å². The Labute approximate surface area is 158 Å². The highest BCUT2D eigenvalue weighted by molar-refractivity contribution is 7.17. The van der Waals surface area contributed by atoms with Gasteiger partial charge in [0.1, 0.15) is 10.5 Å². The molecule has 0 radical (unpaired) electrons. The van der Waals surface area contributed by atoms with Crippen molar-refractivity contribution in [3.05, 3.63) is 81.2 Å². The van der Waals surface area contributed by atoms with Gasteiger partial charge in [0.25, 0.3) is 5.56 Å². The van der Waals surface area contributed by atoms with Crippen molar-refractivity contribution in [3.63, 3.8) is 0 Å². The second-order valence-corrected chi connectivity index (χ2v) is 7.54. The van der Waals surface area contributed by atoms with E-state index in [4.69, 9.17) is 4.98 Å². The Balaban J connectivity index is 1.59. The highest BCUT2D eigenvalue weighted by Crippen LogP contribution is 2.32. The zero-order chi connectivity index (χ0) is 18.4. The van der Waals surface area contributed by atoms with Crippen LogP contribution in [0.5, 0.6) is 0 Å². The molecule has 0 spiro atoms. The minimum absolute atomic E-state index is 0.132. The number of halogens is 1. The third kappa shape index (κ3) is 2.82. The summed E-state index contributed by atoms with van der Waals surface area (Å²) < 4.78 is 13.9. The molecule has 0 atom stereocenters. The van der Waals surface area contributed by atoms with Crippen LogP contribution in [-0.2, 0) is 13.0 Å². The number of anilines is 1. The van der Waals surface area contributed by atoms with E-state index in [0.717, 1.165) is 30.6 Å². The zero-order valence-electron chi connectivity index (χ0n) is 14.4. The number of aromatic nitrogens is 2. The van der Waals surface area contributed by atoms with Gasteiger partial charge < -0.3 is 4.90 Å². The van der Waals surface area contributed by atoms with Gasteiger partial charge in [-0.1, -0.05) is 36.4 Å². The van der Waals surface area contributed by atoms with E-state index in [-0.39, 0.29) is 11.4 Å². The van der Waals surface area contributed by atoms with Crippen molar-refractivity contribution in [2.45, 2.75) is 13.0 Å². The summed E-state index contributed by atoms with van der Waals surface area (Å²) in [5.41, 5.74) is 4.86. The summed E-state index contributed by atoms with van der Waals surface area (Å²) in [6, 6.07) is 14.6. The molecule has 0 aliphatic carbocycles. The van der Waals surface area contributed by atoms with Gasteiger partial charge in [-0.25, -0.2) is 9.37 Å². The lowest BCUT2D eigenvalue weighted by molar-refractivity contribution is 0.628. The van der Waals surface area contributed by atoms with Gasteiger partial charge in [0, 0.05) is 24.0 Å². The number of H-pyrrole nitrogens is 1. The maximum Gasteiger partial charge on any atom is 0.270 e. The molecule has 0 saturated heterocycles. The molecule has 0 fully saturated rings. The SMILES string of the molecule is O=c1[nH]c(N2CCc3ccccc3C2)nc2c(-c3ccc(F)cc3)csc12. The second-order valence-electron chi connectivity index (χ2n) is 6.66. The van der Waals surface area contributed by atoms with E-state index < -0.39 is 0 Å². The first kappa shape index (κ1) is 16.2. The normalized spacial score (nSPS) is 13.7. The minimum Gasteiger partial charge on any atom is -0.338 e. The Morgan fingerprint density at radius 2 is 1.85 bits per heavy atom. The first-order chi connectivity index (χ1) is 13.2. The van der Waals surface area contributed by atoms with Gasteiger partial charge in [0.05, 0.1) is 5.52 Å². The topological polar surface area (TPSA) is 49.0 Å². The Morgan fingerprint density at radius 3 is 2.67 bits per heavy atom. The molecule has 1 N–H and O–H groups in total. The first-order valence-corrected chi connectivity index (χ1v) is 9.66. The summed E-state index contributed by atoms with van der Waals surface area (Å²) >= 11 is 1.37. The molecule has 0 saturated carbocycles. The molecular weight excluding hydrogens is 361 g/mol. The number of thiophene rings is 1. The van der Waals surface area contributed by atoms with Gasteiger partial charge in [-0.2, -0.15) is 0 Å². The number of aromatic amines is 1. The van der Waals surface area contributed by atoms with Crippen LogP contribution in [0.25, 0.3) is 21.3 Å². The number of fused-ring (bicyclic) bond motifs is 2. The summed E-state index contributed by atoms with van der Waals surface area (Å²) in [5, 5.41) is 1.91. The number of nitrogens with zero attached hydrogens (tertiary/aromatic N) is 2. The minimum atomic E-state index is -0.281. The molecule has 2 aromatic carbocycles. The average molecular weight is 377 g/mol.